The summed E-state index contributed by atoms with van der Waals surface area (Å²) in [6.07, 6.45) is 1.11. The van der Waals surface area contributed by atoms with Gasteiger partial charge in [0.2, 0.25) is 10.0 Å². The van der Waals surface area contributed by atoms with Crippen LogP contribution >= 0.6 is 0 Å². The fourth-order valence-electron chi connectivity index (χ4n) is 1.76. The predicted molar refractivity (Wildman–Crippen MR) is 79.8 cm³/mol. The predicted octanol–water partition coefficient (Wildman–Crippen LogP) is 2.83. The maximum atomic E-state index is 11.8. The van der Waals surface area contributed by atoms with Crippen LogP contribution in [0.15, 0.2) is 29.2 Å². The van der Waals surface area contributed by atoms with Gasteiger partial charge in [0.25, 0.3) is 0 Å². The molecule has 2 unspecified atom stereocenters. The Morgan fingerprint density at radius 1 is 1.11 bits per heavy atom. The van der Waals surface area contributed by atoms with Crippen LogP contribution in [0, 0.1) is 5.92 Å². The molecule has 19 heavy (non-hydrogen) atoms. The molecule has 108 valence electrons. The van der Waals surface area contributed by atoms with Crippen molar-refractivity contribution in [1.29, 1.82) is 0 Å². The van der Waals surface area contributed by atoms with Gasteiger partial charge in [-0.25, -0.2) is 13.1 Å². The Balaban J connectivity index is 2.77. The molecule has 0 aliphatic heterocycles. The van der Waals surface area contributed by atoms with E-state index in [1.54, 1.807) is 19.1 Å². The van der Waals surface area contributed by atoms with E-state index in [0.29, 0.717) is 23.4 Å². The quantitative estimate of drug-likeness (QED) is 0.809. The fraction of sp³-hybridized carbons (Fsp3) is 0.571. The van der Waals surface area contributed by atoms with Crippen molar-refractivity contribution in [2.45, 2.75) is 45.1 Å². The molecule has 0 aliphatic carbocycles. The van der Waals surface area contributed by atoms with E-state index in [4.69, 9.17) is 0 Å². The van der Waals surface area contributed by atoms with Gasteiger partial charge >= 0.3 is 0 Å². The second-order valence-corrected chi connectivity index (χ2v) is 6.61. The zero-order valence-electron chi connectivity index (χ0n) is 12.1. The molecule has 0 bridgehead atoms. The summed E-state index contributed by atoms with van der Waals surface area (Å²) in [6, 6.07) is 7.24. The summed E-state index contributed by atoms with van der Waals surface area (Å²) in [5.41, 5.74) is 0.947. The molecule has 0 radical (unpaired) electrons. The minimum Gasteiger partial charge on any atom is -0.382 e. The number of nitrogens with one attached hydrogen (secondary N) is 2. The van der Waals surface area contributed by atoms with Gasteiger partial charge < -0.3 is 5.32 Å². The molecule has 1 rings (SSSR count). The van der Waals surface area contributed by atoms with E-state index in [1.807, 2.05) is 12.1 Å². The van der Waals surface area contributed by atoms with Gasteiger partial charge in [-0.05, 0) is 37.1 Å². The lowest BCUT2D eigenvalue weighted by Gasteiger charge is -2.21. The average Bonchev–Trinajstić information content (AvgIpc) is 2.38. The first kappa shape index (κ1) is 16.0. The van der Waals surface area contributed by atoms with Crippen molar-refractivity contribution in [3.8, 4) is 0 Å². The SMILES string of the molecule is CCNS(=O)(=O)c1ccc(NC(C)C(C)CC)cc1. The number of hydrogen-bond acceptors (Lipinski definition) is 3. The van der Waals surface area contributed by atoms with Crippen molar-refractivity contribution in [3.63, 3.8) is 0 Å². The van der Waals surface area contributed by atoms with Crippen LogP contribution in [0.3, 0.4) is 0 Å². The van der Waals surface area contributed by atoms with Crippen LogP contribution in [0.4, 0.5) is 5.69 Å². The molecule has 0 fully saturated rings. The van der Waals surface area contributed by atoms with Crippen molar-refractivity contribution in [2.75, 3.05) is 11.9 Å². The second kappa shape index (κ2) is 6.91. The van der Waals surface area contributed by atoms with Crippen molar-refractivity contribution in [1.82, 2.24) is 4.72 Å². The highest BCUT2D eigenvalue weighted by molar-refractivity contribution is 7.89. The summed E-state index contributed by atoms with van der Waals surface area (Å²) in [5, 5.41) is 3.39. The number of benzene rings is 1. The first-order valence-electron chi connectivity index (χ1n) is 6.77. The van der Waals surface area contributed by atoms with E-state index >= 15 is 0 Å². The first-order chi connectivity index (χ1) is 8.90. The van der Waals surface area contributed by atoms with Gasteiger partial charge in [-0.3, -0.25) is 0 Å². The van der Waals surface area contributed by atoms with E-state index in [9.17, 15) is 8.42 Å². The Morgan fingerprint density at radius 3 is 2.16 bits per heavy atom. The highest BCUT2D eigenvalue weighted by Crippen LogP contribution is 2.17. The highest BCUT2D eigenvalue weighted by atomic mass is 32.2. The molecule has 0 saturated heterocycles. The van der Waals surface area contributed by atoms with E-state index in [-0.39, 0.29) is 0 Å². The van der Waals surface area contributed by atoms with Crippen LogP contribution in [0.2, 0.25) is 0 Å². The molecule has 0 aromatic heterocycles. The van der Waals surface area contributed by atoms with Crippen LogP contribution < -0.4 is 10.0 Å². The molecule has 0 saturated carbocycles. The summed E-state index contributed by atoms with van der Waals surface area (Å²) in [6.45, 7) is 8.66. The molecule has 1 aromatic rings. The second-order valence-electron chi connectivity index (χ2n) is 4.84. The molecular formula is C14H24N2O2S. The Labute approximate surface area is 116 Å². The highest BCUT2D eigenvalue weighted by Gasteiger charge is 2.13. The number of anilines is 1. The van der Waals surface area contributed by atoms with Crippen LogP contribution in [-0.4, -0.2) is 21.0 Å². The van der Waals surface area contributed by atoms with Gasteiger partial charge in [-0.2, -0.15) is 0 Å². The summed E-state index contributed by atoms with van der Waals surface area (Å²) in [4.78, 5) is 0.302. The molecule has 0 aliphatic rings. The minimum absolute atomic E-state index is 0.302. The third kappa shape index (κ3) is 4.51. The topological polar surface area (TPSA) is 58.2 Å². The van der Waals surface area contributed by atoms with Crippen molar-refractivity contribution >= 4 is 15.7 Å². The van der Waals surface area contributed by atoms with Crippen molar-refractivity contribution in [2.24, 2.45) is 5.92 Å². The van der Waals surface area contributed by atoms with Gasteiger partial charge in [-0.15, -0.1) is 0 Å². The number of rotatable bonds is 7. The van der Waals surface area contributed by atoms with Crippen LogP contribution in [0.25, 0.3) is 0 Å². The standard InChI is InChI=1S/C14H24N2O2S/c1-5-11(3)12(4)16-13-7-9-14(10-8-13)19(17,18)15-6-2/h7-12,15-16H,5-6H2,1-4H3. The zero-order valence-corrected chi connectivity index (χ0v) is 12.9. The minimum atomic E-state index is -3.35. The molecule has 5 heteroatoms. The maximum Gasteiger partial charge on any atom is 0.240 e. The Kier molecular flexibility index (Phi) is 5.82. The summed E-state index contributed by atoms with van der Waals surface area (Å²) in [5.74, 6) is 0.574. The normalized spacial score (nSPS) is 14.9. The summed E-state index contributed by atoms with van der Waals surface area (Å²) < 4.78 is 26.1. The van der Waals surface area contributed by atoms with Gasteiger partial charge in [0.05, 0.1) is 4.90 Å². The van der Waals surface area contributed by atoms with Gasteiger partial charge in [0, 0.05) is 18.3 Å². The third-order valence-electron chi connectivity index (χ3n) is 3.39. The van der Waals surface area contributed by atoms with E-state index in [2.05, 4.69) is 30.8 Å². The van der Waals surface area contributed by atoms with Crippen molar-refractivity contribution < 1.29 is 8.42 Å². The molecule has 4 nitrogen and oxygen atoms in total. The molecular weight excluding hydrogens is 260 g/mol. The number of sulfonamides is 1. The smallest absolute Gasteiger partial charge is 0.240 e. The summed E-state index contributed by atoms with van der Waals surface area (Å²) >= 11 is 0. The molecule has 0 amide bonds. The Morgan fingerprint density at radius 2 is 1.68 bits per heavy atom. The molecule has 2 atom stereocenters. The van der Waals surface area contributed by atoms with Gasteiger partial charge in [-0.1, -0.05) is 27.2 Å². The van der Waals surface area contributed by atoms with Crippen LogP contribution in [0.5, 0.6) is 0 Å². The van der Waals surface area contributed by atoms with Gasteiger partial charge in [0.1, 0.15) is 0 Å². The monoisotopic (exact) mass is 284 g/mol. The molecule has 2 N–H and O–H groups in total. The van der Waals surface area contributed by atoms with Crippen LogP contribution in [0.1, 0.15) is 34.1 Å². The fourth-order valence-corrected chi connectivity index (χ4v) is 2.80. The van der Waals surface area contributed by atoms with Gasteiger partial charge in [0.15, 0.2) is 0 Å². The van der Waals surface area contributed by atoms with E-state index < -0.39 is 10.0 Å². The maximum absolute atomic E-state index is 11.8. The lowest BCUT2D eigenvalue weighted by atomic mass is 10.0. The molecule has 1 aromatic carbocycles. The number of hydrogen-bond donors (Lipinski definition) is 2. The largest absolute Gasteiger partial charge is 0.382 e. The molecule has 0 heterocycles. The molecule has 0 spiro atoms. The first-order valence-corrected chi connectivity index (χ1v) is 8.25. The third-order valence-corrected chi connectivity index (χ3v) is 4.95. The Hall–Kier alpha value is -1.07. The van der Waals surface area contributed by atoms with Crippen LogP contribution in [-0.2, 0) is 10.0 Å². The lowest BCUT2D eigenvalue weighted by Crippen LogP contribution is -2.24. The van der Waals surface area contributed by atoms with E-state index in [0.717, 1.165) is 12.1 Å². The van der Waals surface area contributed by atoms with Crippen molar-refractivity contribution in [3.05, 3.63) is 24.3 Å². The zero-order chi connectivity index (χ0) is 14.5. The Bertz CT molecular complexity index is 483. The van der Waals surface area contributed by atoms with E-state index in [1.165, 1.54) is 0 Å². The summed E-state index contributed by atoms with van der Waals surface area (Å²) in [7, 11) is -3.35. The average molecular weight is 284 g/mol. The lowest BCUT2D eigenvalue weighted by molar-refractivity contribution is 0.494.